The van der Waals surface area contributed by atoms with E-state index in [1.165, 1.54) is 39.0 Å². The van der Waals surface area contributed by atoms with Gasteiger partial charge in [0.2, 0.25) is 0 Å². The van der Waals surface area contributed by atoms with Crippen molar-refractivity contribution >= 4 is 0 Å². The molecular formula is C13H27N3. The summed E-state index contributed by atoms with van der Waals surface area (Å²) in [6, 6.07) is 2.22. The van der Waals surface area contributed by atoms with Crippen LogP contribution in [0.15, 0.2) is 0 Å². The van der Waals surface area contributed by atoms with Crippen LogP contribution in [0, 0.1) is 0 Å². The summed E-state index contributed by atoms with van der Waals surface area (Å²) < 4.78 is 0. The lowest BCUT2D eigenvalue weighted by Gasteiger charge is -2.40. The van der Waals surface area contributed by atoms with Gasteiger partial charge in [0.15, 0.2) is 0 Å². The smallest absolute Gasteiger partial charge is 0.0219 e. The second-order valence-corrected chi connectivity index (χ2v) is 5.39. The van der Waals surface area contributed by atoms with Crippen LogP contribution < -0.4 is 5.32 Å². The number of likely N-dealkylation sites (N-methyl/N-ethyl adjacent to an activating group) is 1. The molecule has 0 aromatic heterocycles. The summed E-state index contributed by atoms with van der Waals surface area (Å²) >= 11 is 0. The van der Waals surface area contributed by atoms with Gasteiger partial charge in [0, 0.05) is 44.3 Å². The van der Waals surface area contributed by atoms with Gasteiger partial charge in [-0.25, -0.2) is 0 Å². The Hall–Kier alpha value is -0.120. The highest BCUT2D eigenvalue weighted by Gasteiger charge is 2.32. The van der Waals surface area contributed by atoms with Gasteiger partial charge < -0.3 is 5.32 Å². The summed E-state index contributed by atoms with van der Waals surface area (Å²) in [5, 5.41) is 3.53. The first-order chi connectivity index (χ1) is 7.72. The highest BCUT2D eigenvalue weighted by molar-refractivity contribution is 4.89. The molecule has 2 aliphatic rings. The van der Waals surface area contributed by atoms with Crippen LogP contribution in [0.1, 0.15) is 33.6 Å². The molecule has 2 rings (SSSR count). The summed E-state index contributed by atoms with van der Waals surface area (Å²) in [5.41, 5.74) is 0. The van der Waals surface area contributed by atoms with Crippen molar-refractivity contribution < 1.29 is 0 Å². The molecule has 2 fully saturated rings. The predicted octanol–water partition coefficient (Wildman–Crippen LogP) is 1.15. The van der Waals surface area contributed by atoms with Gasteiger partial charge in [0.1, 0.15) is 0 Å². The lowest BCUT2D eigenvalue weighted by Crippen LogP contribution is -2.55. The van der Waals surface area contributed by atoms with Crippen LogP contribution in [0.3, 0.4) is 0 Å². The van der Waals surface area contributed by atoms with E-state index in [-0.39, 0.29) is 0 Å². The fourth-order valence-corrected chi connectivity index (χ4v) is 2.76. The molecule has 3 nitrogen and oxygen atoms in total. The minimum absolute atomic E-state index is 0.609. The van der Waals surface area contributed by atoms with E-state index in [4.69, 9.17) is 0 Å². The average Bonchev–Trinajstić information content (AvgIpc) is 3.12. The Morgan fingerprint density at radius 1 is 1.12 bits per heavy atom. The van der Waals surface area contributed by atoms with Gasteiger partial charge >= 0.3 is 0 Å². The summed E-state index contributed by atoms with van der Waals surface area (Å²) in [6.07, 6.45) is 2.90. The number of nitrogens with zero attached hydrogens (tertiary/aromatic N) is 2. The zero-order valence-electron chi connectivity index (χ0n) is 11.1. The van der Waals surface area contributed by atoms with E-state index in [2.05, 4.69) is 35.9 Å². The molecule has 0 amide bonds. The predicted molar refractivity (Wildman–Crippen MR) is 68.8 cm³/mol. The van der Waals surface area contributed by atoms with Crippen LogP contribution in [0.25, 0.3) is 0 Å². The van der Waals surface area contributed by atoms with Crippen molar-refractivity contribution in [2.24, 2.45) is 0 Å². The Balaban J connectivity index is 1.74. The molecular weight excluding hydrogens is 198 g/mol. The maximum absolute atomic E-state index is 3.53. The third kappa shape index (κ3) is 2.96. The molecule has 0 aromatic carbocycles. The molecule has 1 aliphatic heterocycles. The van der Waals surface area contributed by atoms with Gasteiger partial charge in [-0.1, -0.05) is 6.92 Å². The van der Waals surface area contributed by atoms with Crippen LogP contribution in [0.5, 0.6) is 0 Å². The Morgan fingerprint density at radius 3 is 2.25 bits per heavy atom. The van der Waals surface area contributed by atoms with Gasteiger partial charge in [0.25, 0.3) is 0 Å². The molecule has 1 saturated carbocycles. The molecule has 2 atom stereocenters. The molecule has 3 heteroatoms. The second-order valence-electron chi connectivity index (χ2n) is 5.39. The molecule has 1 heterocycles. The zero-order chi connectivity index (χ0) is 11.5. The van der Waals surface area contributed by atoms with Crippen molar-refractivity contribution in [1.82, 2.24) is 15.1 Å². The minimum atomic E-state index is 0.609. The molecule has 16 heavy (non-hydrogen) atoms. The molecule has 1 N–H and O–H groups in total. The Labute approximate surface area is 100 Å². The van der Waals surface area contributed by atoms with Crippen molar-refractivity contribution in [2.75, 3.05) is 32.7 Å². The number of rotatable bonds is 5. The third-order valence-corrected chi connectivity index (χ3v) is 4.24. The third-order valence-electron chi connectivity index (χ3n) is 4.24. The Kier molecular flexibility index (Phi) is 4.22. The number of hydrogen-bond acceptors (Lipinski definition) is 3. The van der Waals surface area contributed by atoms with Crippen molar-refractivity contribution in [3.05, 3.63) is 0 Å². The molecule has 94 valence electrons. The summed E-state index contributed by atoms with van der Waals surface area (Å²) in [5.74, 6) is 0. The first-order valence-electron chi connectivity index (χ1n) is 6.94. The molecule has 0 bridgehead atoms. The number of piperazine rings is 1. The van der Waals surface area contributed by atoms with Gasteiger partial charge in [-0.3, -0.25) is 9.80 Å². The number of hydrogen-bond donors (Lipinski definition) is 1. The fourth-order valence-electron chi connectivity index (χ4n) is 2.76. The summed E-state index contributed by atoms with van der Waals surface area (Å²) in [4.78, 5) is 5.33. The van der Waals surface area contributed by atoms with Crippen molar-refractivity contribution in [1.29, 1.82) is 0 Å². The molecule has 1 saturated heterocycles. The lowest BCUT2D eigenvalue weighted by atomic mass is 10.1. The largest absolute Gasteiger partial charge is 0.313 e. The highest BCUT2D eigenvalue weighted by atomic mass is 15.3. The molecule has 2 unspecified atom stereocenters. The van der Waals surface area contributed by atoms with Gasteiger partial charge in [-0.15, -0.1) is 0 Å². The van der Waals surface area contributed by atoms with E-state index in [9.17, 15) is 0 Å². The van der Waals surface area contributed by atoms with E-state index in [0.717, 1.165) is 12.6 Å². The number of nitrogens with one attached hydrogen (secondary N) is 1. The SMILES string of the molecule is CCNC(C)C(C)N1CCN(C2CC2)CC1. The van der Waals surface area contributed by atoms with Crippen molar-refractivity contribution in [3.63, 3.8) is 0 Å². The van der Waals surface area contributed by atoms with E-state index in [1.807, 2.05) is 0 Å². The molecule has 1 aliphatic carbocycles. The molecule has 0 aromatic rings. The summed E-state index contributed by atoms with van der Waals surface area (Å²) in [7, 11) is 0. The average molecular weight is 225 g/mol. The van der Waals surface area contributed by atoms with Crippen molar-refractivity contribution in [2.45, 2.75) is 51.7 Å². The zero-order valence-corrected chi connectivity index (χ0v) is 11.1. The highest BCUT2D eigenvalue weighted by Crippen LogP contribution is 2.27. The van der Waals surface area contributed by atoms with Gasteiger partial charge in [0.05, 0.1) is 0 Å². The minimum Gasteiger partial charge on any atom is -0.313 e. The maximum Gasteiger partial charge on any atom is 0.0219 e. The van der Waals surface area contributed by atoms with E-state index < -0.39 is 0 Å². The van der Waals surface area contributed by atoms with Crippen LogP contribution in [-0.4, -0.2) is 60.6 Å². The lowest BCUT2D eigenvalue weighted by molar-refractivity contribution is 0.0846. The molecule has 0 radical (unpaired) electrons. The fraction of sp³-hybridized carbons (Fsp3) is 1.00. The first kappa shape index (κ1) is 12.3. The monoisotopic (exact) mass is 225 g/mol. The first-order valence-corrected chi connectivity index (χ1v) is 6.94. The Morgan fingerprint density at radius 2 is 1.75 bits per heavy atom. The van der Waals surface area contributed by atoms with Crippen molar-refractivity contribution in [3.8, 4) is 0 Å². The van der Waals surface area contributed by atoms with Crippen LogP contribution in [0.2, 0.25) is 0 Å². The standard InChI is InChI=1S/C13H27N3/c1-4-14-11(2)12(3)15-7-9-16(10-8-15)13-5-6-13/h11-14H,4-10H2,1-3H3. The Bertz CT molecular complexity index is 207. The van der Waals surface area contributed by atoms with Crippen LogP contribution in [0.4, 0.5) is 0 Å². The van der Waals surface area contributed by atoms with Crippen LogP contribution >= 0.6 is 0 Å². The van der Waals surface area contributed by atoms with E-state index >= 15 is 0 Å². The van der Waals surface area contributed by atoms with E-state index in [0.29, 0.717) is 12.1 Å². The normalized spacial score (nSPS) is 27.9. The van der Waals surface area contributed by atoms with Gasteiger partial charge in [-0.2, -0.15) is 0 Å². The van der Waals surface area contributed by atoms with Crippen LogP contribution in [-0.2, 0) is 0 Å². The molecule has 0 spiro atoms. The van der Waals surface area contributed by atoms with E-state index in [1.54, 1.807) is 0 Å². The maximum atomic E-state index is 3.53. The van der Waals surface area contributed by atoms with Gasteiger partial charge in [-0.05, 0) is 33.2 Å². The quantitative estimate of drug-likeness (QED) is 0.757. The topological polar surface area (TPSA) is 18.5 Å². The second kappa shape index (κ2) is 5.48. The summed E-state index contributed by atoms with van der Waals surface area (Å²) in [6.45, 7) is 13.0.